The van der Waals surface area contributed by atoms with Crippen molar-refractivity contribution in [2.45, 2.75) is 82.0 Å². The van der Waals surface area contributed by atoms with Crippen LogP contribution in [-0.4, -0.2) is 109 Å². The smallest absolute Gasteiger partial charge is 0.274 e. The number of carbonyl (C=O) groups is 4. The molecule has 4 amide bonds. The van der Waals surface area contributed by atoms with Crippen LogP contribution >= 0.6 is 0 Å². The number of fused-ring (bicyclic) bond motifs is 2. The number of aromatic nitrogens is 4. The molecule has 5 aromatic rings. The second kappa shape index (κ2) is 16.7. The fourth-order valence-electron chi connectivity index (χ4n) is 9.89. The molecule has 0 radical (unpaired) electrons. The summed E-state index contributed by atoms with van der Waals surface area (Å²) >= 11 is 0. The number of benzene rings is 2. The van der Waals surface area contributed by atoms with E-state index in [1.165, 1.54) is 22.8 Å². The van der Waals surface area contributed by atoms with Gasteiger partial charge in [0, 0.05) is 79.3 Å². The second-order valence-corrected chi connectivity index (χ2v) is 17.9. The molecule has 1 aliphatic carbocycles. The number of rotatable bonds is 9. The third kappa shape index (κ3) is 8.03. The number of anilines is 2. The van der Waals surface area contributed by atoms with Gasteiger partial charge in [0.2, 0.25) is 24.3 Å². The molecular formula is C46H47F2N11O5. The summed E-state index contributed by atoms with van der Waals surface area (Å²) in [5.74, 6) is -4.88. The van der Waals surface area contributed by atoms with Gasteiger partial charge in [-0.1, -0.05) is 0 Å². The standard InChI is InChI=1S/C46H47F2N11O5/c1-46(2,64)35-18-38-27(15-39(35)52-44(62)40-10-8-31-14-26(19-49)20-51-59(31)40)24-58(54-38)30-6-4-29(5-7-30)55-12-13-57(33(25-55)21-50-3)45(63)28-22-56(23-28)32-16-36(47)42(37(48)17-32)34-9-11-41(60)53-43(34)61/h8,10,14-18,20,24,28-30,33-34,64H,4-7,9,11-13,21-23,25H2,1-2H3,(H,52,62)(H,53,60,61)/t29?,30?,33-,34-/m1/s1. The van der Waals surface area contributed by atoms with Crippen LogP contribution in [0.5, 0.6) is 0 Å². The van der Waals surface area contributed by atoms with E-state index < -0.39 is 40.9 Å². The number of aliphatic hydroxyl groups is 1. The van der Waals surface area contributed by atoms with Gasteiger partial charge in [-0.25, -0.2) is 19.9 Å². The van der Waals surface area contributed by atoms with Gasteiger partial charge in [0.25, 0.3) is 5.91 Å². The molecule has 4 aliphatic rings. The Morgan fingerprint density at radius 1 is 1.02 bits per heavy atom. The summed E-state index contributed by atoms with van der Waals surface area (Å²) in [7, 11) is 0. The van der Waals surface area contributed by atoms with Gasteiger partial charge in [-0.15, -0.1) is 0 Å². The molecule has 0 spiro atoms. The van der Waals surface area contributed by atoms with Gasteiger partial charge >= 0.3 is 0 Å². The number of nitrogens with zero attached hydrogens (tertiary/aromatic N) is 9. The molecule has 2 atom stereocenters. The minimum Gasteiger partial charge on any atom is -0.386 e. The van der Waals surface area contributed by atoms with Crippen LogP contribution in [0, 0.1) is 35.5 Å². The number of imide groups is 1. The Bertz CT molecular complexity index is 2760. The summed E-state index contributed by atoms with van der Waals surface area (Å²) in [5, 5.41) is 35.5. The maximum Gasteiger partial charge on any atom is 0.274 e. The lowest BCUT2D eigenvalue weighted by molar-refractivity contribution is -0.141. The van der Waals surface area contributed by atoms with Gasteiger partial charge in [-0.2, -0.15) is 15.5 Å². The normalized spacial score (nSPS) is 22.2. The van der Waals surface area contributed by atoms with Gasteiger partial charge in [-0.3, -0.25) is 34.1 Å². The van der Waals surface area contributed by atoms with E-state index in [4.69, 9.17) is 11.7 Å². The van der Waals surface area contributed by atoms with Crippen molar-refractivity contribution in [1.29, 1.82) is 5.26 Å². The molecule has 9 rings (SSSR count). The molecule has 6 heterocycles. The number of hydrogen-bond acceptors (Lipinski definition) is 10. The van der Waals surface area contributed by atoms with Crippen molar-refractivity contribution < 1.29 is 33.1 Å². The van der Waals surface area contributed by atoms with Gasteiger partial charge in [-0.05, 0) is 88.4 Å². The summed E-state index contributed by atoms with van der Waals surface area (Å²) in [6.07, 6.45) is 6.93. The van der Waals surface area contributed by atoms with E-state index in [1.54, 1.807) is 36.9 Å². The molecule has 3 saturated heterocycles. The number of piperazine rings is 1. The van der Waals surface area contributed by atoms with Crippen molar-refractivity contribution in [2.75, 3.05) is 49.5 Å². The first-order valence-electron chi connectivity index (χ1n) is 21.6. The largest absolute Gasteiger partial charge is 0.386 e. The number of carbonyl (C=O) groups excluding carboxylic acids is 4. The number of nitriles is 1. The lowest BCUT2D eigenvalue weighted by Crippen LogP contribution is -2.63. The molecule has 330 valence electrons. The lowest BCUT2D eigenvalue weighted by Gasteiger charge is -2.48. The first-order valence-corrected chi connectivity index (χ1v) is 21.6. The topological polar surface area (TPSA) is 186 Å². The molecule has 4 fully saturated rings. The van der Waals surface area contributed by atoms with Crippen LogP contribution in [0.4, 0.5) is 20.2 Å². The molecular weight excluding hydrogens is 825 g/mol. The number of amides is 4. The number of nitrogens with one attached hydrogen (secondary N) is 2. The van der Waals surface area contributed by atoms with Crippen LogP contribution in [0.1, 0.15) is 91.5 Å². The Balaban J connectivity index is 0.813. The third-order valence-electron chi connectivity index (χ3n) is 13.3. The highest BCUT2D eigenvalue weighted by Gasteiger charge is 2.43. The predicted octanol–water partition coefficient (Wildman–Crippen LogP) is 4.89. The van der Waals surface area contributed by atoms with Crippen molar-refractivity contribution in [1.82, 2.24) is 34.5 Å². The zero-order chi connectivity index (χ0) is 45.0. The highest BCUT2D eigenvalue weighted by Crippen LogP contribution is 2.38. The monoisotopic (exact) mass is 871 g/mol. The highest BCUT2D eigenvalue weighted by atomic mass is 19.1. The van der Waals surface area contributed by atoms with Crippen molar-refractivity contribution in [3.63, 3.8) is 0 Å². The molecule has 3 aliphatic heterocycles. The van der Waals surface area contributed by atoms with Crippen LogP contribution in [0.15, 0.2) is 54.9 Å². The molecule has 0 unspecified atom stereocenters. The van der Waals surface area contributed by atoms with Crippen LogP contribution in [0.2, 0.25) is 0 Å². The van der Waals surface area contributed by atoms with Crippen LogP contribution in [0.25, 0.3) is 21.3 Å². The van der Waals surface area contributed by atoms with E-state index in [0.29, 0.717) is 47.5 Å². The molecule has 18 heteroatoms. The minimum atomic E-state index is -1.30. The van der Waals surface area contributed by atoms with E-state index in [0.717, 1.165) is 31.1 Å². The third-order valence-corrected chi connectivity index (χ3v) is 13.3. The Hall–Kier alpha value is -6.76. The summed E-state index contributed by atoms with van der Waals surface area (Å²) < 4.78 is 33.9. The number of halogens is 2. The van der Waals surface area contributed by atoms with E-state index in [-0.39, 0.29) is 79.4 Å². The molecule has 0 bridgehead atoms. The summed E-state index contributed by atoms with van der Waals surface area (Å²) in [4.78, 5) is 60.8. The van der Waals surface area contributed by atoms with E-state index in [1.807, 2.05) is 27.9 Å². The predicted molar refractivity (Wildman–Crippen MR) is 230 cm³/mol. The highest BCUT2D eigenvalue weighted by molar-refractivity contribution is 6.05. The first-order chi connectivity index (χ1) is 30.7. The van der Waals surface area contributed by atoms with Gasteiger partial charge in [0.15, 0.2) is 0 Å². The Labute approximate surface area is 367 Å². The van der Waals surface area contributed by atoms with Gasteiger partial charge in [0.1, 0.15) is 29.4 Å². The van der Waals surface area contributed by atoms with E-state index in [2.05, 4.69) is 31.5 Å². The van der Waals surface area contributed by atoms with Crippen LogP contribution in [-0.2, 0) is 20.0 Å². The van der Waals surface area contributed by atoms with Crippen molar-refractivity contribution in [3.8, 4) is 6.07 Å². The minimum absolute atomic E-state index is 0.00198. The summed E-state index contributed by atoms with van der Waals surface area (Å²) in [6.45, 7) is 13.4. The zero-order valence-electron chi connectivity index (χ0n) is 35.4. The molecule has 1 saturated carbocycles. The zero-order valence-corrected chi connectivity index (χ0v) is 35.4. The Morgan fingerprint density at radius 2 is 1.75 bits per heavy atom. The molecule has 3 N–H and O–H groups in total. The van der Waals surface area contributed by atoms with Crippen LogP contribution in [0.3, 0.4) is 0 Å². The fraction of sp³-hybridized carbons (Fsp3) is 0.435. The number of piperidine rings is 1. The van der Waals surface area contributed by atoms with Gasteiger partial charge < -0.3 is 25.1 Å². The SMILES string of the molecule is [C-]#[N+]C[C@@H]1CN(C2CCC(n3cc4cc(NC(=O)c5ccc6cc(C#N)cnn56)c(C(C)(C)O)cc4n3)CC2)CCN1C(=O)C1CN(c2cc(F)c([C@H]3CCC(=O)NC3=O)c(F)c2)C1. The lowest BCUT2D eigenvalue weighted by atomic mass is 9.88. The van der Waals surface area contributed by atoms with E-state index >= 15 is 8.78 Å². The average Bonchev–Trinajstić information content (AvgIpc) is 3.87. The molecule has 3 aromatic heterocycles. The quantitative estimate of drug-likeness (QED) is 0.136. The Morgan fingerprint density at radius 3 is 2.44 bits per heavy atom. The van der Waals surface area contributed by atoms with Crippen molar-refractivity contribution in [3.05, 3.63) is 100 Å². The number of hydrogen-bond donors (Lipinski definition) is 3. The molecule has 2 aromatic carbocycles. The molecule has 64 heavy (non-hydrogen) atoms. The maximum absolute atomic E-state index is 15.2. The van der Waals surface area contributed by atoms with Crippen LogP contribution < -0.4 is 15.5 Å². The van der Waals surface area contributed by atoms with Crippen molar-refractivity contribution >= 4 is 51.4 Å². The first kappa shape index (κ1) is 42.5. The van der Waals surface area contributed by atoms with E-state index in [9.17, 15) is 29.5 Å². The van der Waals surface area contributed by atoms with Crippen molar-refractivity contribution in [2.24, 2.45) is 5.92 Å². The van der Waals surface area contributed by atoms with Gasteiger partial charge in [0.05, 0.1) is 46.3 Å². The maximum atomic E-state index is 15.2. The summed E-state index contributed by atoms with van der Waals surface area (Å²) in [6, 6.07) is 13.2. The fourth-order valence-corrected chi connectivity index (χ4v) is 9.89. The molecule has 16 nitrogen and oxygen atoms in total. The Kier molecular flexibility index (Phi) is 11.1. The second-order valence-electron chi connectivity index (χ2n) is 17.9. The summed E-state index contributed by atoms with van der Waals surface area (Å²) in [5.41, 5.74) is 1.53. The average molecular weight is 872 g/mol.